The van der Waals surface area contributed by atoms with Crippen LogP contribution in [0.2, 0.25) is 5.02 Å². The zero-order valence-electron chi connectivity index (χ0n) is 14.1. The fourth-order valence-corrected chi connectivity index (χ4v) is 3.19. The maximum Gasteiger partial charge on any atom is 0.292 e. The summed E-state index contributed by atoms with van der Waals surface area (Å²) in [5.41, 5.74) is 1.40. The maximum absolute atomic E-state index is 12.2. The van der Waals surface area contributed by atoms with E-state index in [1.807, 2.05) is 9.80 Å². The van der Waals surface area contributed by atoms with Crippen molar-refractivity contribution in [1.82, 2.24) is 4.90 Å². The summed E-state index contributed by atoms with van der Waals surface area (Å²) in [4.78, 5) is 27.0. The van der Waals surface area contributed by atoms with E-state index in [1.165, 1.54) is 6.07 Å². The number of amides is 1. The van der Waals surface area contributed by atoms with Crippen LogP contribution in [0.25, 0.3) is 0 Å². The lowest BCUT2D eigenvalue weighted by Crippen LogP contribution is -2.48. The first-order valence-electron chi connectivity index (χ1n) is 8.29. The number of nitrogens with zero attached hydrogens (tertiary/aromatic N) is 3. The number of carbonyl (C=O) groups excluding carboxylic acids is 1. The number of hydrogen-bond donors (Lipinski definition) is 1. The van der Waals surface area contributed by atoms with Crippen LogP contribution < -0.4 is 10.2 Å². The number of para-hydroxylation sites is 2. The number of nitro groups is 1. The van der Waals surface area contributed by atoms with Gasteiger partial charge in [-0.1, -0.05) is 29.8 Å². The molecule has 0 aliphatic carbocycles. The van der Waals surface area contributed by atoms with Gasteiger partial charge in [-0.15, -0.1) is 0 Å². The predicted molar refractivity (Wildman–Crippen MR) is 102 cm³/mol. The molecule has 1 aliphatic heterocycles. The molecule has 0 unspecified atom stereocenters. The normalized spacial score (nSPS) is 14.9. The predicted octanol–water partition coefficient (Wildman–Crippen LogP) is 3.01. The minimum absolute atomic E-state index is 0.105. The number of hydrogen-bond acceptors (Lipinski definition) is 5. The summed E-state index contributed by atoms with van der Waals surface area (Å²) in [5.74, 6) is -0.105. The number of rotatable bonds is 5. The van der Waals surface area contributed by atoms with Gasteiger partial charge in [0.2, 0.25) is 5.91 Å². The van der Waals surface area contributed by atoms with Gasteiger partial charge >= 0.3 is 0 Å². The lowest BCUT2D eigenvalue weighted by molar-refractivity contribution is -0.384. The van der Waals surface area contributed by atoms with Crippen molar-refractivity contribution < 1.29 is 9.72 Å². The zero-order valence-corrected chi connectivity index (χ0v) is 14.9. The second kappa shape index (κ2) is 8.16. The number of benzene rings is 2. The van der Waals surface area contributed by atoms with Gasteiger partial charge in [0.25, 0.3) is 5.69 Å². The largest absolute Gasteiger partial charge is 0.363 e. The molecule has 0 bridgehead atoms. The fourth-order valence-electron chi connectivity index (χ4n) is 3.00. The topological polar surface area (TPSA) is 78.7 Å². The van der Waals surface area contributed by atoms with Crippen molar-refractivity contribution in [3.05, 3.63) is 63.7 Å². The highest BCUT2D eigenvalue weighted by molar-refractivity contribution is 6.30. The summed E-state index contributed by atoms with van der Waals surface area (Å²) in [6, 6.07) is 13.8. The minimum Gasteiger partial charge on any atom is -0.363 e. The van der Waals surface area contributed by atoms with Crippen molar-refractivity contribution in [1.29, 1.82) is 0 Å². The van der Waals surface area contributed by atoms with Crippen LogP contribution in [-0.2, 0) is 4.79 Å². The van der Waals surface area contributed by atoms with E-state index in [9.17, 15) is 14.9 Å². The maximum atomic E-state index is 12.2. The van der Waals surface area contributed by atoms with E-state index in [-0.39, 0.29) is 23.1 Å². The van der Waals surface area contributed by atoms with Crippen LogP contribution in [0.5, 0.6) is 0 Å². The molecule has 0 saturated carbocycles. The van der Waals surface area contributed by atoms with E-state index in [1.54, 1.807) is 42.5 Å². The molecule has 1 N–H and O–H groups in total. The molecule has 3 rings (SSSR count). The molecular weight excluding hydrogens is 356 g/mol. The third-order valence-electron chi connectivity index (χ3n) is 4.27. The Morgan fingerprint density at radius 1 is 1.12 bits per heavy atom. The molecule has 136 valence electrons. The summed E-state index contributed by atoms with van der Waals surface area (Å²) < 4.78 is 0. The van der Waals surface area contributed by atoms with E-state index < -0.39 is 0 Å². The fraction of sp³-hybridized carbons (Fsp3) is 0.278. The molecule has 7 nitrogen and oxygen atoms in total. The van der Waals surface area contributed by atoms with Crippen LogP contribution in [0.3, 0.4) is 0 Å². The summed E-state index contributed by atoms with van der Waals surface area (Å²) in [7, 11) is 0. The summed E-state index contributed by atoms with van der Waals surface area (Å²) >= 11 is 5.91. The number of anilines is 2. The van der Waals surface area contributed by atoms with Crippen LogP contribution >= 0.6 is 11.6 Å². The van der Waals surface area contributed by atoms with Crippen LogP contribution in [0.1, 0.15) is 0 Å². The number of nitrogens with one attached hydrogen (secondary N) is 1. The van der Waals surface area contributed by atoms with Gasteiger partial charge in [-0.2, -0.15) is 0 Å². The van der Waals surface area contributed by atoms with Gasteiger partial charge in [-0.25, -0.2) is 0 Å². The van der Waals surface area contributed by atoms with E-state index in [0.29, 0.717) is 42.6 Å². The molecule has 1 saturated heterocycles. The highest BCUT2D eigenvalue weighted by Gasteiger charge is 2.24. The summed E-state index contributed by atoms with van der Waals surface area (Å²) in [5, 5.41) is 14.6. The highest BCUT2D eigenvalue weighted by atomic mass is 35.5. The molecule has 8 heteroatoms. The SMILES string of the molecule is O=C(CN1CCN(c2ccccc2[N+](=O)[O-])CC1)Nc1cccc(Cl)c1. The third-order valence-corrected chi connectivity index (χ3v) is 4.50. The van der Waals surface area contributed by atoms with E-state index in [4.69, 9.17) is 11.6 Å². The Balaban J connectivity index is 1.54. The summed E-state index contributed by atoms with van der Waals surface area (Å²) in [6.45, 7) is 2.87. The van der Waals surface area contributed by atoms with Gasteiger partial charge < -0.3 is 10.2 Å². The number of nitro benzene ring substituents is 1. The van der Waals surface area contributed by atoms with E-state index in [2.05, 4.69) is 5.32 Å². The van der Waals surface area contributed by atoms with Crippen molar-refractivity contribution in [2.45, 2.75) is 0 Å². The van der Waals surface area contributed by atoms with Gasteiger partial charge in [0.15, 0.2) is 0 Å². The van der Waals surface area contributed by atoms with Crippen LogP contribution in [0, 0.1) is 10.1 Å². The molecule has 1 fully saturated rings. The van der Waals surface area contributed by atoms with Crippen molar-refractivity contribution in [3.8, 4) is 0 Å². The standard InChI is InChI=1S/C18H19ClN4O3/c19-14-4-3-5-15(12-14)20-18(24)13-21-8-10-22(11-9-21)16-6-1-2-7-17(16)23(25)26/h1-7,12H,8-11,13H2,(H,20,24). The van der Waals surface area contributed by atoms with Crippen LogP contribution in [0.15, 0.2) is 48.5 Å². The Labute approximate surface area is 156 Å². The minimum atomic E-state index is -0.361. The molecule has 0 aromatic heterocycles. The Kier molecular flexibility index (Phi) is 5.70. The van der Waals surface area contributed by atoms with Gasteiger partial charge in [0.1, 0.15) is 5.69 Å². The first-order chi connectivity index (χ1) is 12.5. The molecule has 1 amide bonds. The average molecular weight is 375 g/mol. The Morgan fingerprint density at radius 2 is 1.85 bits per heavy atom. The Hall–Kier alpha value is -2.64. The molecule has 0 atom stereocenters. The summed E-state index contributed by atoms with van der Waals surface area (Å²) in [6.07, 6.45) is 0. The second-order valence-corrected chi connectivity index (χ2v) is 6.50. The molecule has 1 heterocycles. The smallest absolute Gasteiger partial charge is 0.292 e. The van der Waals surface area contributed by atoms with Crippen LogP contribution in [0.4, 0.5) is 17.1 Å². The van der Waals surface area contributed by atoms with Crippen molar-refractivity contribution in [2.24, 2.45) is 0 Å². The Morgan fingerprint density at radius 3 is 2.54 bits per heavy atom. The van der Waals surface area contributed by atoms with Gasteiger partial charge in [-0.05, 0) is 24.3 Å². The molecular formula is C18H19ClN4O3. The Bertz CT molecular complexity index is 807. The monoisotopic (exact) mass is 374 g/mol. The van der Waals surface area contributed by atoms with Crippen molar-refractivity contribution in [3.63, 3.8) is 0 Å². The molecule has 2 aromatic carbocycles. The average Bonchev–Trinajstić information content (AvgIpc) is 2.62. The molecule has 0 radical (unpaired) electrons. The molecule has 2 aromatic rings. The number of piperazine rings is 1. The zero-order chi connectivity index (χ0) is 18.5. The highest BCUT2D eigenvalue weighted by Crippen LogP contribution is 2.28. The number of carbonyl (C=O) groups is 1. The van der Waals surface area contributed by atoms with Gasteiger partial charge in [0, 0.05) is 43.0 Å². The third kappa shape index (κ3) is 4.50. The van der Waals surface area contributed by atoms with E-state index in [0.717, 1.165) is 0 Å². The molecule has 0 spiro atoms. The van der Waals surface area contributed by atoms with E-state index >= 15 is 0 Å². The lowest BCUT2D eigenvalue weighted by atomic mass is 10.2. The van der Waals surface area contributed by atoms with Crippen molar-refractivity contribution >= 4 is 34.6 Å². The quantitative estimate of drug-likeness (QED) is 0.643. The van der Waals surface area contributed by atoms with Gasteiger partial charge in [-0.3, -0.25) is 19.8 Å². The first-order valence-corrected chi connectivity index (χ1v) is 8.67. The van der Waals surface area contributed by atoms with Gasteiger partial charge in [0.05, 0.1) is 11.5 Å². The van der Waals surface area contributed by atoms with Crippen molar-refractivity contribution in [2.75, 3.05) is 42.9 Å². The van der Waals surface area contributed by atoms with Crippen LogP contribution in [-0.4, -0.2) is 48.5 Å². The molecule has 26 heavy (non-hydrogen) atoms. The second-order valence-electron chi connectivity index (χ2n) is 6.07. The number of halogens is 1. The first kappa shape index (κ1) is 18.2. The molecule has 1 aliphatic rings. The lowest BCUT2D eigenvalue weighted by Gasteiger charge is -2.35.